The highest BCUT2D eigenvalue weighted by molar-refractivity contribution is 5.94. The summed E-state index contributed by atoms with van der Waals surface area (Å²) < 4.78 is 0. The van der Waals surface area contributed by atoms with E-state index >= 15 is 0 Å². The maximum Gasteiger partial charge on any atom is 0.253 e. The predicted molar refractivity (Wildman–Crippen MR) is 76.8 cm³/mol. The zero-order valence-electron chi connectivity index (χ0n) is 11.8. The van der Waals surface area contributed by atoms with Gasteiger partial charge < -0.3 is 10.0 Å². The van der Waals surface area contributed by atoms with Gasteiger partial charge in [-0.1, -0.05) is 31.8 Å². The molecule has 0 saturated carbocycles. The van der Waals surface area contributed by atoms with Crippen LogP contribution in [0.4, 0.5) is 0 Å². The molecule has 1 N–H and O–H groups in total. The highest BCUT2D eigenvalue weighted by atomic mass is 16.2. The Hall–Kier alpha value is -1.79. The molecule has 0 heterocycles. The number of carbonyl (C=O) groups is 1. The Morgan fingerprint density at radius 2 is 2.16 bits per heavy atom. The average molecular weight is 259 g/mol. The second kappa shape index (κ2) is 7.60. The van der Waals surface area contributed by atoms with Gasteiger partial charge in [0.1, 0.15) is 6.61 Å². The number of aliphatic hydroxyl groups excluding tert-OH is 1. The Kier molecular flexibility index (Phi) is 6.11. The number of rotatable bonds is 4. The standard InChI is InChI=1S/C16H21NO2/c1-13(2)9-10-17(3)16(19)15-8-4-6-14(12-15)7-5-11-18/h4,6,8,12-13,18H,9-11H2,1-3H3. The van der Waals surface area contributed by atoms with Gasteiger partial charge in [-0.25, -0.2) is 0 Å². The van der Waals surface area contributed by atoms with Crippen LogP contribution in [-0.2, 0) is 0 Å². The Morgan fingerprint density at radius 1 is 1.42 bits per heavy atom. The SMILES string of the molecule is CC(C)CCN(C)C(=O)c1cccc(C#CCO)c1. The van der Waals surface area contributed by atoms with Gasteiger partial charge in [-0.05, 0) is 30.5 Å². The largest absolute Gasteiger partial charge is 0.384 e. The van der Waals surface area contributed by atoms with Crippen molar-refractivity contribution >= 4 is 5.91 Å². The molecular weight excluding hydrogens is 238 g/mol. The lowest BCUT2D eigenvalue weighted by Crippen LogP contribution is -2.28. The molecule has 0 spiro atoms. The monoisotopic (exact) mass is 259 g/mol. The summed E-state index contributed by atoms with van der Waals surface area (Å²) in [6.07, 6.45) is 0.992. The molecule has 1 aromatic rings. The van der Waals surface area contributed by atoms with Gasteiger partial charge in [-0.15, -0.1) is 0 Å². The maximum absolute atomic E-state index is 12.2. The van der Waals surface area contributed by atoms with Crippen molar-refractivity contribution in [3.8, 4) is 11.8 Å². The van der Waals surface area contributed by atoms with Crippen molar-refractivity contribution in [2.45, 2.75) is 20.3 Å². The second-order valence-corrected chi connectivity index (χ2v) is 4.95. The molecule has 1 amide bonds. The molecule has 0 radical (unpaired) electrons. The van der Waals surface area contributed by atoms with E-state index in [1.165, 1.54) is 0 Å². The number of carbonyl (C=O) groups excluding carboxylic acids is 1. The zero-order valence-corrected chi connectivity index (χ0v) is 11.8. The van der Waals surface area contributed by atoms with E-state index in [0.29, 0.717) is 11.5 Å². The van der Waals surface area contributed by atoms with Crippen LogP contribution in [0.3, 0.4) is 0 Å². The van der Waals surface area contributed by atoms with E-state index in [1.54, 1.807) is 17.0 Å². The number of benzene rings is 1. The molecule has 3 nitrogen and oxygen atoms in total. The van der Waals surface area contributed by atoms with Crippen LogP contribution in [0, 0.1) is 17.8 Å². The topological polar surface area (TPSA) is 40.5 Å². The molecule has 1 rings (SSSR count). The number of hydrogen-bond donors (Lipinski definition) is 1. The summed E-state index contributed by atoms with van der Waals surface area (Å²) in [4.78, 5) is 13.9. The van der Waals surface area contributed by atoms with E-state index < -0.39 is 0 Å². The minimum Gasteiger partial charge on any atom is -0.384 e. The normalized spacial score (nSPS) is 9.95. The molecule has 0 unspecified atom stereocenters. The van der Waals surface area contributed by atoms with Crippen molar-refractivity contribution < 1.29 is 9.90 Å². The number of aliphatic hydroxyl groups is 1. The number of amides is 1. The first-order valence-corrected chi connectivity index (χ1v) is 6.50. The van der Waals surface area contributed by atoms with Gasteiger partial charge in [0.25, 0.3) is 5.91 Å². The molecule has 0 saturated heterocycles. The van der Waals surface area contributed by atoms with E-state index in [-0.39, 0.29) is 12.5 Å². The first kappa shape index (κ1) is 15.3. The summed E-state index contributed by atoms with van der Waals surface area (Å²) >= 11 is 0. The molecule has 102 valence electrons. The Balaban J connectivity index is 2.76. The van der Waals surface area contributed by atoms with Crippen LogP contribution in [0.5, 0.6) is 0 Å². The van der Waals surface area contributed by atoms with Gasteiger partial charge in [0.15, 0.2) is 0 Å². The molecular formula is C16H21NO2. The summed E-state index contributed by atoms with van der Waals surface area (Å²) in [6, 6.07) is 7.19. The minimum atomic E-state index is -0.174. The summed E-state index contributed by atoms with van der Waals surface area (Å²) in [5.74, 6) is 5.98. The molecule has 19 heavy (non-hydrogen) atoms. The molecule has 3 heteroatoms. The molecule has 0 fully saturated rings. The second-order valence-electron chi connectivity index (χ2n) is 4.95. The lowest BCUT2D eigenvalue weighted by molar-refractivity contribution is 0.0789. The van der Waals surface area contributed by atoms with E-state index in [0.717, 1.165) is 18.5 Å². The van der Waals surface area contributed by atoms with Gasteiger partial charge in [-0.2, -0.15) is 0 Å². The Labute approximate surface area is 115 Å². The van der Waals surface area contributed by atoms with Crippen LogP contribution in [-0.4, -0.2) is 36.1 Å². The third-order valence-corrected chi connectivity index (χ3v) is 2.81. The van der Waals surface area contributed by atoms with Crippen molar-refractivity contribution in [1.29, 1.82) is 0 Å². The Bertz CT molecular complexity index is 483. The van der Waals surface area contributed by atoms with Gasteiger partial charge in [0, 0.05) is 24.7 Å². The highest BCUT2D eigenvalue weighted by Gasteiger charge is 2.11. The van der Waals surface area contributed by atoms with Crippen LogP contribution < -0.4 is 0 Å². The van der Waals surface area contributed by atoms with Crippen molar-refractivity contribution in [1.82, 2.24) is 4.90 Å². The molecule has 0 aromatic heterocycles. The maximum atomic E-state index is 12.2. The van der Waals surface area contributed by atoms with E-state index in [9.17, 15) is 4.79 Å². The first-order chi connectivity index (χ1) is 9.04. The number of hydrogen-bond acceptors (Lipinski definition) is 2. The summed E-state index contributed by atoms with van der Waals surface area (Å²) in [6.45, 7) is 4.86. The van der Waals surface area contributed by atoms with Crippen LogP contribution in [0.2, 0.25) is 0 Å². The smallest absolute Gasteiger partial charge is 0.253 e. The van der Waals surface area contributed by atoms with Gasteiger partial charge >= 0.3 is 0 Å². The summed E-state index contributed by atoms with van der Waals surface area (Å²) in [5.41, 5.74) is 1.38. The van der Waals surface area contributed by atoms with Crippen molar-refractivity contribution in [2.75, 3.05) is 20.2 Å². The summed E-state index contributed by atoms with van der Waals surface area (Å²) in [5, 5.41) is 8.67. The van der Waals surface area contributed by atoms with Crippen LogP contribution in [0.1, 0.15) is 36.2 Å². The van der Waals surface area contributed by atoms with E-state index in [4.69, 9.17) is 5.11 Å². The van der Waals surface area contributed by atoms with Crippen molar-refractivity contribution in [3.63, 3.8) is 0 Å². The van der Waals surface area contributed by atoms with Crippen molar-refractivity contribution in [2.24, 2.45) is 5.92 Å². The molecule has 1 aromatic carbocycles. The van der Waals surface area contributed by atoms with Gasteiger partial charge in [0.2, 0.25) is 0 Å². The van der Waals surface area contributed by atoms with Crippen LogP contribution >= 0.6 is 0 Å². The lowest BCUT2D eigenvalue weighted by atomic mass is 10.1. The highest BCUT2D eigenvalue weighted by Crippen LogP contribution is 2.09. The molecule has 0 atom stereocenters. The fourth-order valence-corrected chi connectivity index (χ4v) is 1.65. The lowest BCUT2D eigenvalue weighted by Gasteiger charge is -2.18. The minimum absolute atomic E-state index is 0.00768. The van der Waals surface area contributed by atoms with Crippen molar-refractivity contribution in [3.05, 3.63) is 35.4 Å². The molecule has 0 bridgehead atoms. The first-order valence-electron chi connectivity index (χ1n) is 6.50. The fourth-order valence-electron chi connectivity index (χ4n) is 1.65. The zero-order chi connectivity index (χ0) is 14.3. The Morgan fingerprint density at radius 3 is 2.79 bits per heavy atom. The average Bonchev–Trinajstić information content (AvgIpc) is 2.41. The molecule has 0 aliphatic heterocycles. The van der Waals surface area contributed by atoms with E-state index in [1.807, 2.05) is 19.2 Å². The molecule has 0 aliphatic rings. The quantitative estimate of drug-likeness (QED) is 0.842. The fraction of sp³-hybridized carbons (Fsp3) is 0.438. The third kappa shape index (κ3) is 5.15. The number of nitrogens with zero attached hydrogens (tertiary/aromatic N) is 1. The predicted octanol–water partition coefficient (Wildman–Crippen LogP) is 2.15. The third-order valence-electron chi connectivity index (χ3n) is 2.81. The van der Waals surface area contributed by atoms with Crippen LogP contribution in [0.25, 0.3) is 0 Å². The van der Waals surface area contributed by atoms with Gasteiger partial charge in [-0.3, -0.25) is 4.79 Å². The summed E-state index contributed by atoms with van der Waals surface area (Å²) in [7, 11) is 1.82. The van der Waals surface area contributed by atoms with Crippen LogP contribution in [0.15, 0.2) is 24.3 Å². The molecule has 0 aliphatic carbocycles. The van der Waals surface area contributed by atoms with Gasteiger partial charge in [0.05, 0.1) is 0 Å². The van der Waals surface area contributed by atoms with E-state index in [2.05, 4.69) is 25.7 Å².